The lowest BCUT2D eigenvalue weighted by Crippen LogP contribution is -2.37. The van der Waals surface area contributed by atoms with Gasteiger partial charge in [-0.1, -0.05) is 6.92 Å². The summed E-state index contributed by atoms with van der Waals surface area (Å²) < 4.78 is 1.65. The maximum Gasteiger partial charge on any atom is 0.244 e. The van der Waals surface area contributed by atoms with Gasteiger partial charge < -0.3 is 5.32 Å². The number of nitrogens with one attached hydrogen (secondary N) is 1. The first-order chi connectivity index (χ1) is 6.65. The highest BCUT2D eigenvalue weighted by molar-refractivity contribution is 5.79. The fourth-order valence-corrected chi connectivity index (χ4v) is 1.10. The van der Waals surface area contributed by atoms with Crippen LogP contribution in [0.15, 0.2) is 18.5 Å². The van der Waals surface area contributed by atoms with Gasteiger partial charge in [0.05, 0.1) is 0 Å². The second-order valence-corrected chi connectivity index (χ2v) is 3.48. The Bertz CT molecular complexity index is 282. The van der Waals surface area contributed by atoms with Crippen LogP contribution in [0.1, 0.15) is 33.2 Å². The van der Waals surface area contributed by atoms with E-state index in [0.717, 1.165) is 6.42 Å². The summed E-state index contributed by atoms with van der Waals surface area (Å²) in [6, 6.07) is 1.80. The number of hydrogen-bond acceptors (Lipinski definition) is 2. The van der Waals surface area contributed by atoms with Crippen molar-refractivity contribution in [3.63, 3.8) is 0 Å². The van der Waals surface area contributed by atoms with Crippen LogP contribution in [0, 0.1) is 0 Å². The van der Waals surface area contributed by atoms with Gasteiger partial charge in [0.15, 0.2) is 0 Å². The molecule has 2 atom stereocenters. The van der Waals surface area contributed by atoms with Gasteiger partial charge in [0, 0.05) is 18.4 Å². The van der Waals surface area contributed by atoms with E-state index in [1.54, 1.807) is 17.1 Å². The monoisotopic (exact) mass is 195 g/mol. The second-order valence-electron chi connectivity index (χ2n) is 3.48. The third-order valence-electron chi connectivity index (χ3n) is 2.30. The Balaban J connectivity index is 2.53. The highest BCUT2D eigenvalue weighted by Gasteiger charge is 2.15. The standard InChI is InChI=1S/C10H17N3O/c1-4-8(2)12-10(14)9(3)13-7-5-6-11-13/h5-9H,4H2,1-3H3,(H,12,14). The summed E-state index contributed by atoms with van der Waals surface area (Å²) in [5.74, 6) is 0.0167. The number of amides is 1. The highest BCUT2D eigenvalue weighted by atomic mass is 16.2. The van der Waals surface area contributed by atoms with Gasteiger partial charge in [-0.2, -0.15) is 5.10 Å². The van der Waals surface area contributed by atoms with Crippen LogP contribution >= 0.6 is 0 Å². The van der Waals surface area contributed by atoms with E-state index in [1.807, 2.05) is 26.8 Å². The molecule has 0 fully saturated rings. The predicted octanol–water partition coefficient (Wildman–Crippen LogP) is 1.36. The van der Waals surface area contributed by atoms with E-state index >= 15 is 0 Å². The summed E-state index contributed by atoms with van der Waals surface area (Å²) in [5.41, 5.74) is 0. The van der Waals surface area contributed by atoms with Crippen molar-refractivity contribution in [2.75, 3.05) is 0 Å². The van der Waals surface area contributed by atoms with Crippen LogP contribution in [-0.2, 0) is 4.79 Å². The van der Waals surface area contributed by atoms with Gasteiger partial charge in [0.1, 0.15) is 6.04 Å². The SMILES string of the molecule is CCC(C)NC(=O)C(C)n1cccn1. The third-order valence-corrected chi connectivity index (χ3v) is 2.30. The minimum atomic E-state index is -0.237. The average Bonchev–Trinajstić information content (AvgIpc) is 2.69. The summed E-state index contributed by atoms with van der Waals surface area (Å²) in [6.07, 6.45) is 4.41. The molecule has 1 aromatic heterocycles. The van der Waals surface area contributed by atoms with Gasteiger partial charge in [-0.25, -0.2) is 0 Å². The number of carbonyl (C=O) groups is 1. The minimum absolute atomic E-state index is 0.0167. The van der Waals surface area contributed by atoms with Crippen molar-refractivity contribution in [3.05, 3.63) is 18.5 Å². The molecular weight excluding hydrogens is 178 g/mol. The molecule has 0 radical (unpaired) electrons. The van der Waals surface area contributed by atoms with Crippen LogP contribution in [0.25, 0.3) is 0 Å². The lowest BCUT2D eigenvalue weighted by molar-refractivity contribution is -0.124. The Labute approximate surface area is 84.3 Å². The molecule has 1 aromatic rings. The zero-order valence-corrected chi connectivity index (χ0v) is 8.90. The van der Waals surface area contributed by atoms with Gasteiger partial charge in [-0.15, -0.1) is 0 Å². The van der Waals surface area contributed by atoms with E-state index in [-0.39, 0.29) is 18.0 Å². The molecule has 0 aliphatic carbocycles. The van der Waals surface area contributed by atoms with Crippen LogP contribution in [0.5, 0.6) is 0 Å². The molecule has 2 unspecified atom stereocenters. The van der Waals surface area contributed by atoms with E-state index in [4.69, 9.17) is 0 Å². The Morgan fingerprint density at radius 2 is 2.29 bits per heavy atom. The van der Waals surface area contributed by atoms with Crippen molar-refractivity contribution in [1.29, 1.82) is 0 Å². The fraction of sp³-hybridized carbons (Fsp3) is 0.600. The molecule has 1 amide bonds. The Hall–Kier alpha value is -1.32. The highest BCUT2D eigenvalue weighted by Crippen LogP contribution is 2.03. The number of nitrogens with zero attached hydrogens (tertiary/aromatic N) is 2. The third kappa shape index (κ3) is 2.58. The minimum Gasteiger partial charge on any atom is -0.352 e. The van der Waals surface area contributed by atoms with Crippen LogP contribution in [-0.4, -0.2) is 21.7 Å². The summed E-state index contributed by atoms with van der Waals surface area (Å²) in [4.78, 5) is 11.6. The molecule has 0 saturated heterocycles. The van der Waals surface area contributed by atoms with Crippen LogP contribution in [0.3, 0.4) is 0 Å². The van der Waals surface area contributed by atoms with E-state index in [9.17, 15) is 4.79 Å². The molecule has 1 heterocycles. The Kier molecular flexibility index (Phi) is 3.68. The Morgan fingerprint density at radius 3 is 2.79 bits per heavy atom. The van der Waals surface area contributed by atoms with Gasteiger partial charge >= 0.3 is 0 Å². The molecule has 0 aliphatic rings. The van der Waals surface area contributed by atoms with E-state index in [2.05, 4.69) is 10.4 Å². The van der Waals surface area contributed by atoms with E-state index in [1.165, 1.54) is 0 Å². The zero-order chi connectivity index (χ0) is 10.6. The first-order valence-electron chi connectivity index (χ1n) is 4.94. The van der Waals surface area contributed by atoms with Gasteiger partial charge in [0.2, 0.25) is 5.91 Å². The van der Waals surface area contributed by atoms with E-state index in [0.29, 0.717) is 0 Å². The fourth-order valence-electron chi connectivity index (χ4n) is 1.10. The molecule has 0 spiro atoms. The van der Waals surface area contributed by atoms with Crippen molar-refractivity contribution in [2.24, 2.45) is 0 Å². The van der Waals surface area contributed by atoms with Crippen LogP contribution in [0.2, 0.25) is 0 Å². The molecule has 1 N–H and O–H groups in total. The van der Waals surface area contributed by atoms with Crippen molar-refractivity contribution in [3.8, 4) is 0 Å². The molecule has 78 valence electrons. The first-order valence-corrected chi connectivity index (χ1v) is 4.94. The molecule has 4 heteroatoms. The van der Waals surface area contributed by atoms with Gasteiger partial charge in [-0.3, -0.25) is 9.48 Å². The molecule has 0 aromatic carbocycles. The van der Waals surface area contributed by atoms with Crippen molar-refractivity contribution in [1.82, 2.24) is 15.1 Å². The molecule has 1 rings (SSSR count). The number of rotatable bonds is 4. The summed E-state index contributed by atoms with van der Waals surface area (Å²) in [7, 11) is 0. The van der Waals surface area contributed by atoms with Crippen LogP contribution < -0.4 is 5.32 Å². The summed E-state index contributed by atoms with van der Waals surface area (Å²) in [5, 5.41) is 6.94. The normalized spacial score (nSPS) is 14.8. The molecule has 4 nitrogen and oxygen atoms in total. The molecule has 14 heavy (non-hydrogen) atoms. The average molecular weight is 195 g/mol. The molecule has 0 bridgehead atoms. The first kappa shape index (κ1) is 10.8. The molecular formula is C10H17N3O. The summed E-state index contributed by atoms with van der Waals surface area (Å²) >= 11 is 0. The number of carbonyl (C=O) groups excluding carboxylic acids is 1. The quantitative estimate of drug-likeness (QED) is 0.788. The van der Waals surface area contributed by atoms with E-state index < -0.39 is 0 Å². The van der Waals surface area contributed by atoms with Crippen molar-refractivity contribution in [2.45, 2.75) is 39.3 Å². The van der Waals surface area contributed by atoms with Gasteiger partial charge in [0.25, 0.3) is 0 Å². The van der Waals surface area contributed by atoms with Gasteiger partial charge in [-0.05, 0) is 26.3 Å². The largest absolute Gasteiger partial charge is 0.352 e. The number of aromatic nitrogens is 2. The van der Waals surface area contributed by atoms with Crippen LogP contribution in [0.4, 0.5) is 0 Å². The molecule has 0 saturated carbocycles. The van der Waals surface area contributed by atoms with Crippen molar-refractivity contribution >= 4 is 5.91 Å². The maximum atomic E-state index is 11.6. The summed E-state index contributed by atoms with van der Waals surface area (Å²) in [6.45, 7) is 5.88. The topological polar surface area (TPSA) is 46.9 Å². The maximum absolute atomic E-state index is 11.6. The molecule has 0 aliphatic heterocycles. The van der Waals surface area contributed by atoms with Crippen molar-refractivity contribution < 1.29 is 4.79 Å². The smallest absolute Gasteiger partial charge is 0.244 e. The number of hydrogen-bond donors (Lipinski definition) is 1. The predicted molar refractivity (Wildman–Crippen MR) is 54.8 cm³/mol. The zero-order valence-electron chi connectivity index (χ0n) is 8.90. The lowest BCUT2D eigenvalue weighted by Gasteiger charge is -2.16. The lowest BCUT2D eigenvalue weighted by atomic mass is 10.2. The second kappa shape index (κ2) is 4.79. The Morgan fingerprint density at radius 1 is 1.57 bits per heavy atom.